The van der Waals surface area contributed by atoms with E-state index < -0.39 is 36.4 Å². The fourth-order valence-electron chi connectivity index (χ4n) is 2.64. The number of carboxylic acids is 1. The van der Waals surface area contributed by atoms with Gasteiger partial charge in [0.2, 0.25) is 17.7 Å². The lowest BCUT2D eigenvalue weighted by Gasteiger charge is -2.22. The van der Waals surface area contributed by atoms with Crippen molar-refractivity contribution >= 4 is 23.7 Å². The van der Waals surface area contributed by atoms with Gasteiger partial charge in [0.1, 0.15) is 18.6 Å². The second-order valence-electron chi connectivity index (χ2n) is 6.34. The van der Waals surface area contributed by atoms with Crippen LogP contribution in [0.25, 0.3) is 0 Å². The van der Waals surface area contributed by atoms with E-state index in [1.54, 1.807) is 0 Å². The molecule has 1 saturated heterocycles. The fourth-order valence-corrected chi connectivity index (χ4v) is 2.64. The summed E-state index contributed by atoms with van der Waals surface area (Å²) in [6.45, 7) is 2.18. The molecule has 0 spiro atoms. The lowest BCUT2D eigenvalue weighted by Crippen LogP contribution is -2.55. The molecule has 1 heterocycles. The highest BCUT2D eigenvalue weighted by Crippen LogP contribution is 2.07. The number of nitrogens with two attached hydrogens (primary N) is 1. The zero-order valence-corrected chi connectivity index (χ0v) is 15.0. The van der Waals surface area contributed by atoms with Crippen LogP contribution in [-0.2, 0) is 19.2 Å². The molecule has 0 aliphatic carbocycles. The average Bonchev–Trinajstić information content (AvgIpc) is 3.13. The Balaban J connectivity index is 2.59. The van der Waals surface area contributed by atoms with E-state index in [1.165, 1.54) is 6.92 Å². The van der Waals surface area contributed by atoms with E-state index in [1.807, 2.05) is 0 Å². The zero-order valence-electron chi connectivity index (χ0n) is 15.0. The number of hydrogen-bond acceptors (Lipinski definition) is 6. The molecule has 1 rings (SSSR count). The van der Waals surface area contributed by atoms with E-state index >= 15 is 0 Å². The Morgan fingerprint density at radius 1 is 1.19 bits per heavy atom. The minimum Gasteiger partial charge on any atom is -0.480 e. The van der Waals surface area contributed by atoms with Gasteiger partial charge >= 0.3 is 5.97 Å². The highest BCUT2D eigenvalue weighted by Gasteiger charge is 2.28. The van der Waals surface area contributed by atoms with Crippen molar-refractivity contribution in [2.45, 2.75) is 57.2 Å². The van der Waals surface area contributed by atoms with Crippen molar-refractivity contribution in [2.75, 3.05) is 19.6 Å². The maximum atomic E-state index is 12.5. The van der Waals surface area contributed by atoms with Gasteiger partial charge in [-0.15, -0.1) is 0 Å². The largest absolute Gasteiger partial charge is 0.480 e. The molecule has 10 nitrogen and oxygen atoms in total. The van der Waals surface area contributed by atoms with Crippen molar-refractivity contribution < 1.29 is 24.3 Å². The summed E-state index contributed by atoms with van der Waals surface area (Å²) >= 11 is 0. The molecule has 3 unspecified atom stereocenters. The van der Waals surface area contributed by atoms with Crippen LogP contribution in [0.5, 0.6) is 0 Å². The third-order valence-electron chi connectivity index (χ3n) is 4.12. The Morgan fingerprint density at radius 3 is 2.50 bits per heavy atom. The standard InChI is InChI=1S/C16H29N5O5/c1-10(14(24)19-9-13(22)23)20-16(26)12(5-2-3-7-17)21-15(25)11-6-4-8-18-11/h10-12,18H,2-9,17H2,1H3,(H,19,24)(H,20,26)(H,21,25)(H,22,23). The minimum absolute atomic E-state index is 0.238. The van der Waals surface area contributed by atoms with Gasteiger partial charge in [-0.1, -0.05) is 0 Å². The summed E-state index contributed by atoms with van der Waals surface area (Å²) < 4.78 is 0. The molecule has 7 N–H and O–H groups in total. The first-order valence-corrected chi connectivity index (χ1v) is 8.88. The van der Waals surface area contributed by atoms with Gasteiger partial charge in [-0.25, -0.2) is 0 Å². The molecule has 148 valence electrons. The monoisotopic (exact) mass is 371 g/mol. The number of carbonyl (C=O) groups is 4. The molecule has 0 radical (unpaired) electrons. The summed E-state index contributed by atoms with van der Waals surface area (Å²) in [4.78, 5) is 47.0. The van der Waals surface area contributed by atoms with Crippen LogP contribution in [-0.4, -0.2) is 66.6 Å². The smallest absolute Gasteiger partial charge is 0.322 e. The van der Waals surface area contributed by atoms with E-state index in [2.05, 4.69) is 21.3 Å². The first kappa shape index (κ1) is 21.8. The lowest BCUT2D eigenvalue weighted by molar-refractivity contribution is -0.138. The molecule has 1 aliphatic heterocycles. The van der Waals surface area contributed by atoms with E-state index in [-0.39, 0.29) is 11.9 Å². The summed E-state index contributed by atoms with van der Waals surface area (Å²) in [6, 6.07) is -2.00. The predicted octanol–water partition coefficient (Wildman–Crippen LogP) is -1.94. The molecule has 0 bridgehead atoms. The van der Waals surface area contributed by atoms with Crippen LogP contribution >= 0.6 is 0 Å². The summed E-state index contributed by atoms with van der Waals surface area (Å²) in [6.07, 6.45) is 3.41. The molecule has 0 saturated carbocycles. The van der Waals surface area contributed by atoms with Gasteiger partial charge in [0.15, 0.2) is 0 Å². The third kappa shape index (κ3) is 7.79. The molecule has 0 aromatic rings. The average molecular weight is 371 g/mol. The third-order valence-corrected chi connectivity index (χ3v) is 4.12. The number of carbonyl (C=O) groups excluding carboxylic acids is 3. The number of rotatable bonds is 11. The molecule has 10 heteroatoms. The Labute approximate surface area is 152 Å². The molecule has 26 heavy (non-hydrogen) atoms. The van der Waals surface area contributed by atoms with E-state index in [9.17, 15) is 19.2 Å². The summed E-state index contributed by atoms with van der Waals surface area (Å²) in [5, 5.41) is 19.1. The van der Waals surface area contributed by atoms with Gasteiger partial charge < -0.3 is 32.1 Å². The molecular formula is C16H29N5O5. The number of carboxylic acid groups (broad SMARTS) is 1. The van der Waals surface area contributed by atoms with Crippen molar-refractivity contribution in [2.24, 2.45) is 5.73 Å². The molecular weight excluding hydrogens is 342 g/mol. The van der Waals surface area contributed by atoms with Gasteiger partial charge in [-0.3, -0.25) is 19.2 Å². The Morgan fingerprint density at radius 2 is 1.92 bits per heavy atom. The highest BCUT2D eigenvalue weighted by molar-refractivity contribution is 5.93. The second-order valence-corrected chi connectivity index (χ2v) is 6.34. The number of hydrogen-bond donors (Lipinski definition) is 6. The number of aliphatic carboxylic acids is 1. The maximum Gasteiger partial charge on any atom is 0.322 e. The second kappa shape index (κ2) is 11.4. The van der Waals surface area contributed by atoms with E-state index in [0.717, 1.165) is 25.8 Å². The van der Waals surface area contributed by atoms with Crippen molar-refractivity contribution in [1.29, 1.82) is 0 Å². The first-order valence-electron chi connectivity index (χ1n) is 8.88. The molecule has 1 fully saturated rings. The SMILES string of the molecule is CC(NC(=O)C(CCCCN)NC(=O)C1CCCN1)C(=O)NCC(=O)O. The predicted molar refractivity (Wildman–Crippen MR) is 94.1 cm³/mol. The number of amides is 3. The van der Waals surface area contributed by atoms with Crippen LogP contribution < -0.4 is 27.0 Å². The Kier molecular flexibility index (Phi) is 9.60. The Hall–Kier alpha value is -2.20. The minimum atomic E-state index is -1.17. The van der Waals surface area contributed by atoms with Crippen LogP contribution in [0.4, 0.5) is 0 Å². The quantitative estimate of drug-likeness (QED) is 0.230. The lowest BCUT2D eigenvalue weighted by atomic mass is 10.1. The van der Waals surface area contributed by atoms with Crippen LogP contribution in [0, 0.1) is 0 Å². The van der Waals surface area contributed by atoms with Crippen molar-refractivity contribution in [3.63, 3.8) is 0 Å². The molecule has 0 aromatic heterocycles. The molecule has 1 aliphatic rings. The van der Waals surface area contributed by atoms with Crippen molar-refractivity contribution in [1.82, 2.24) is 21.3 Å². The van der Waals surface area contributed by atoms with E-state index in [4.69, 9.17) is 10.8 Å². The Bertz CT molecular complexity index is 507. The maximum absolute atomic E-state index is 12.5. The van der Waals surface area contributed by atoms with Crippen molar-refractivity contribution in [3.05, 3.63) is 0 Å². The van der Waals surface area contributed by atoms with Gasteiger partial charge in [-0.2, -0.15) is 0 Å². The van der Waals surface area contributed by atoms with Crippen LogP contribution in [0.1, 0.15) is 39.0 Å². The molecule has 3 amide bonds. The van der Waals surface area contributed by atoms with Gasteiger partial charge in [0, 0.05) is 0 Å². The van der Waals surface area contributed by atoms with Crippen LogP contribution in [0.3, 0.4) is 0 Å². The van der Waals surface area contributed by atoms with Crippen LogP contribution in [0.15, 0.2) is 0 Å². The summed E-state index contributed by atoms with van der Waals surface area (Å²) in [5.74, 6) is -2.50. The number of unbranched alkanes of at least 4 members (excludes halogenated alkanes) is 1. The molecule has 3 atom stereocenters. The normalized spacial score (nSPS) is 18.6. The molecule has 0 aromatic carbocycles. The van der Waals surface area contributed by atoms with Crippen LogP contribution in [0.2, 0.25) is 0 Å². The van der Waals surface area contributed by atoms with Gasteiger partial charge in [-0.05, 0) is 52.1 Å². The van der Waals surface area contributed by atoms with Crippen molar-refractivity contribution in [3.8, 4) is 0 Å². The zero-order chi connectivity index (χ0) is 19.5. The number of nitrogens with one attached hydrogen (secondary N) is 4. The first-order chi connectivity index (χ1) is 12.3. The highest BCUT2D eigenvalue weighted by atomic mass is 16.4. The summed E-state index contributed by atoms with van der Waals surface area (Å²) in [7, 11) is 0. The summed E-state index contributed by atoms with van der Waals surface area (Å²) in [5.41, 5.74) is 5.47. The van der Waals surface area contributed by atoms with Gasteiger partial charge in [0.25, 0.3) is 0 Å². The fraction of sp³-hybridized carbons (Fsp3) is 0.750. The van der Waals surface area contributed by atoms with E-state index in [0.29, 0.717) is 19.4 Å². The topological polar surface area (TPSA) is 163 Å². The van der Waals surface area contributed by atoms with Gasteiger partial charge in [0.05, 0.1) is 6.04 Å².